The van der Waals surface area contributed by atoms with E-state index in [4.69, 9.17) is 21.1 Å². The Morgan fingerprint density at radius 1 is 1.11 bits per heavy atom. The van der Waals surface area contributed by atoms with Gasteiger partial charge < -0.3 is 9.47 Å². The average molecular weight is 280 g/mol. The summed E-state index contributed by atoms with van der Waals surface area (Å²) in [6, 6.07) is 7.68. The normalized spacial score (nSPS) is 10.3. The van der Waals surface area contributed by atoms with Gasteiger partial charge >= 0.3 is 6.01 Å². The third-order valence-corrected chi connectivity index (χ3v) is 2.52. The molecule has 0 N–H and O–H groups in total. The SMILES string of the molecule is CCCOc1ccc(-c2nc(Cl)nc(OC)n2)cc1. The molecule has 0 unspecified atom stereocenters. The molecule has 19 heavy (non-hydrogen) atoms. The Morgan fingerprint density at radius 2 is 1.84 bits per heavy atom. The van der Waals surface area contributed by atoms with Crippen LogP contribution in [0.25, 0.3) is 11.4 Å². The minimum atomic E-state index is 0.105. The molecular formula is C13H14ClN3O2. The molecule has 0 spiro atoms. The second-order valence-corrected chi connectivity index (χ2v) is 4.13. The van der Waals surface area contributed by atoms with Gasteiger partial charge in [-0.05, 0) is 42.3 Å². The largest absolute Gasteiger partial charge is 0.494 e. The summed E-state index contributed by atoms with van der Waals surface area (Å²) in [5.74, 6) is 1.29. The molecule has 0 amide bonds. The van der Waals surface area contributed by atoms with Gasteiger partial charge in [-0.2, -0.15) is 15.0 Å². The fourth-order valence-corrected chi connectivity index (χ4v) is 1.62. The molecule has 0 saturated heterocycles. The van der Waals surface area contributed by atoms with Crippen LogP contribution in [0.15, 0.2) is 24.3 Å². The highest BCUT2D eigenvalue weighted by Crippen LogP contribution is 2.21. The molecule has 1 aromatic carbocycles. The van der Waals surface area contributed by atoms with Crippen LogP contribution in [0.2, 0.25) is 5.28 Å². The molecule has 1 heterocycles. The monoisotopic (exact) mass is 279 g/mol. The van der Waals surface area contributed by atoms with Crippen LogP contribution in [-0.4, -0.2) is 28.7 Å². The molecule has 6 heteroatoms. The van der Waals surface area contributed by atoms with Gasteiger partial charge in [-0.3, -0.25) is 0 Å². The van der Waals surface area contributed by atoms with Crippen molar-refractivity contribution in [3.8, 4) is 23.1 Å². The average Bonchev–Trinajstić information content (AvgIpc) is 2.45. The summed E-state index contributed by atoms with van der Waals surface area (Å²) in [5, 5.41) is 0.105. The van der Waals surface area contributed by atoms with E-state index in [9.17, 15) is 0 Å². The van der Waals surface area contributed by atoms with Crippen molar-refractivity contribution >= 4 is 11.6 Å². The minimum absolute atomic E-state index is 0.105. The van der Waals surface area contributed by atoms with Crippen molar-refractivity contribution in [3.05, 3.63) is 29.5 Å². The third kappa shape index (κ3) is 3.54. The molecule has 0 bridgehead atoms. The molecule has 0 atom stereocenters. The molecule has 0 fully saturated rings. The summed E-state index contributed by atoms with van der Waals surface area (Å²) in [5.41, 5.74) is 0.825. The maximum Gasteiger partial charge on any atom is 0.321 e. The molecule has 0 saturated carbocycles. The summed E-state index contributed by atoms with van der Waals surface area (Å²) >= 11 is 5.81. The lowest BCUT2D eigenvalue weighted by Crippen LogP contribution is -1.98. The van der Waals surface area contributed by atoms with Crippen LogP contribution in [0.5, 0.6) is 11.8 Å². The van der Waals surface area contributed by atoms with Crippen molar-refractivity contribution in [1.29, 1.82) is 0 Å². The van der Waals surface area contributed by atoms with Crippen LogP contribution >= 0.6 is 11.6 Å². The third-order valence-electron chi connectivity index (χ3n) is 2.36. The van der Waals surface area contributed by atoms with E-state index in [1.807, 2.05) is 24.3 Å². The van der Waals surface area contributed by atoms with E-state index >= 15 is 0 Å². The topological polar surface area (TPSA) is 57.1 Å². The van der Waals surface area contributed by atoms with Gasteiger partial charge in [-0.25, -0.2) is 0 Å². The van der Waals surface area contributed by atoms with Crippen molar-refractivity contribution in [3.63, 3.8) is 0 Å². The molecule has 0 aliphatic heterocycles. The Hall–Kier alpha value is -1.88. The van der Waals surface area contributed by atoms with Crippen LogP contribution in [0.1, 0.15) is 13.3 Å². The van der Waals surface area contributed by atoms with Gasteiger partial charge in [0.2, 0.25) is 5.28 Å². The van der Waals surface area contributed by atoms with Gasteiger partial charge in [0.05, 0.1) is 13.7 Å². The zero-order valence-corrected chi connectivity index (χ0v) is 11.5. The summed E-state index contributed by atoms with van der Waals surface area (Å²) in [6.45, 7) is 2.76. The number of hydrogen-bond donors (Lipinski definition) is 0. The Balaban J connectivity index is 2.24. The lowest BCUT2D eigenvalue weighted by atomic mass is 10.2. The first kappa shape index (κ1) is 13.5. The molecule has 2 rings (SSSR count). The molecule has 100 valence electrons. The second-order valence-electron chi connectivity index (χ2n) is 3.79. The van der Waals surface area contributed by atoms with Crippen molar-refractivity contribution in [2.45, 2.75) is 13.3 Å². The smallest absolute Gasteiger partial charge is 0.321 e. The second kappa shape index (κ2) is 6.33. The summed E-state index contributed by atoms with van der Waals surface area (Å²) in [7, 11) is 1.48. The Bertz CT molecular complexity index is 546. The van der Waals surface area contributed by atoms with Crippen LogP contribution in [0.4, 0.5) is 0 Å². The van der Waals surface area contributed by atoms with E-state index in [1.54, 1.807) is 0 Å². The van der Waals surface area contributed by atoms with Crippen molar-refractivity contribution in [2.24, 2.45) is 0 Å². The Kier molecular flexibility index (Phi) is 4.52. The minimum Gasteiger partial charge on any atom is -0.494 e. The predicted octanol–water partition coefficient (Wildman–Crippen LogP) is 2.99. The summed E-state index contributed by atoms with van der Waals surface area (Å²) < 4.78 is 10.5. The van der Waals surface area contributed by atoms with E-state index in [1.165, 1.54) is 7.11 Å². The fraction of sp³-hybridized carbons (Fsp3) is 0.308. The Labute approximate surface area is 116 Å². The van der Waals surface area contributed by atoms with Gasteiger partial charge in [-0.1, -0.05) is 6.92 Å². The molecule has 0 aliphatic carbocycles. The zero-order valence-electron chi connectivity index (χ0n) is 10.8. The summed E-state index contributed by atoms with van der Waals surface area (Å²) in [6.07, 6.45) is 0.974. The number of halogens is 1. The van der Waals surface area contributed by atoms with Gasteiger partial charge in [-0.15, -0.1) is 0 Å². The number of nitrogens with zero attached hydrogens (tertiary/aromatic N) is 3. The van der Waals surface area contributed by atoms with E-state index in [0.29, 0.717) is 12.4 Å². The standard InChI is InChI=1S/C13H14ClN3O2/c1-3-8-19-10-6-4-9(5-7-10)11-15-12(14)17-13(16-11)18-2/h4-7H,3,8H2,1-2H3. The van der Waals surface area contributed by atoms with E-state index in [-0.39, 0.29) is 11.3 Å². The lowest BCUT2D eigenvalue weighted by Gasteiger charge is -2.06. The highest BCUT2D eigenvalue weighted by molar-refractivity contribution is 6.28. The van der Waals surface area contributed by atoms with E-state index in [0.717, 1.165) is 17.7 Å². The number of ether oxygens (including phenoxy) is 2. The van der Waals surface area contributed by atoms with Crippen LogP contribution in [0.3, 0.4) is 0 Å². The first-order valence-corrected chi connectivity index (χ1v) is 6.29. The maximum atomic E-state index is 5.81. The highest BCUT2D eigenvalue weighted by Gasteiger charge is 2.07. The van der Waals surface area contributed by atoms with E-state index in [2.05, 4.69) is 21.9 Å². The number of hydrogen-bond acceptors (Lipinski definition) is 5. The fourth-order valence-electron chi connectivity index (χ4n) is 1.47. The lowest BCUT2D eigenvalue weighted by molar-refractivity contribution is 0.317. The summed E-state index contributed by atoms with van der Waals surface area (Å²) in [4.78, 5) is 12.0. The predicted molar refractivity (Wildman–Crippen MR) is 72.6 cm³/mol. The maximum absolute atomic E-state index is 5.81. The van der Waals surface area contributed by atoms with Crippen molar-refractivity contribution in [2.75, 3.05) is 13.7 Å². The quantitative estimate of drug-likeness (QED) is 0.842. The first-order valence-electron chi connectivity index (χ1n) is 5.91. The van der Waals surface area contributed by atoms with Crippen LogP contribution in [-0.2, 0) is 0 Å². The van der Waals surface area contributed by atoms with Gasteiger partial charge in [0.15, 0.2) is 5.82 Å². The van der Waals surface area contributed by atoms with E-state index < -0.39 is 0 Å². The molecular weight excluding hydrogens is 266 g/mol. The zero-order chi connectivity index (χ0) is 13.7. The highest BCUT2D eigenvalue weighted by atomic mass is 35.5. The molecule has 0 radical (unpaired) electrons. The first-order chi connectivity index (χ1) is 9.22. The van der Waals surface area contributed by atoms with Crippen molar-refractivity contribution < 1.29 is 9.47 Å². The molecule has 1 aromatic heterocycles. The number of rotatable bonds is 5. The molecule has 5 nitrogen and oxygen atoms in total. The van der Waals surface area contributed by atoms with Gasteiger partial charge in [0.25, 0.3) is 0 Å². The Morgan fingerprint density at radius 3 is 2.47 bits per heavy atom. The van der Waals surface area contributed by atoms with Crippen LogP contribution < -0.4 is 9.47 Å². The van der Waals surface area contributed by atoms with Crippen LogP contribution in [0, 0.1) is 0 Å². The number of methoxy groups -OCH3 is 1. The number of aromatic nitrogens is 3. The van der Waals surface area contributed by atoms with Gasteiger partial charge in [0.1, 0.15) is 5.75 Å². The van der Waals surface area contributed by atoms with Crippen molar-refractivity contribution in [1.82, 2.24) is 15.0 Å². The molecule has 2 aromatic rings. The van der Waals surface area contributed by atoms with Gasteiger partial charge in [0, 0.05) is 5.56 Å². The molecule has 0 aliphatic rings. The number of benzene rings is 1.